The zero-order valence-corrected chi connectivity index (χ0v) is 64.1. The van der Waals surface area contributed by atoms with Gasteiger partial charge in [-0.15, -0.1) is 22.7 Å². The van der Waals surface area contributed by atoms with Crippen LogP contribution in [0.1, 0.15) is 38.9 Å². The Morgan fingerprint density at radius 2 is 0.600 bits per heavy atom. The first-order chi connectivity index (χ1) is 54.0. The van der Waals surface area contributed by atoms with Gasteiger partial charge >= 0.3 is 0 Å². The van der Waals surface area contributed by atoms with Crippen LogP contribution >= 0.6 is 22.7 Å². The lowest BCUT2D eigenvalue weighted by molar-refractivity contribution is 0.665. The van der Waals surface area contributed by atoms with Crippen LogP contribution in [-0.2, 0) is 0 Å². The lowest BCUT2D eigenvalue weighted by Gasteiger charge is -2.08. The van der Waals surface area contributed by atoms with Crippen LogP contribution < -0.4 is 0 Å². The van der Waals surface area contributed by atoms with E-state index in [1.807, 2.05) is 83.3 Å². The molecule has 23 rings (SSSR count). The van der Waals surface area contributed by atoms with E-state index in [2.05, 4.69) is 355 Å². The Kier molecular flexibility index (Phi) is 19.5. The third-order valence-corrected chi connectivity index (χ3v) is 23.0. The van der Waals surface area contributed by atoms with E-state index >= 15 is 0 Å². The van der Waals surface area contributed by atoms with Gasteiger partial charge in [0.15, 0.2) is 0 Å². The van der Waals surface area contributed by atoms with E-state index in [4.69, 9.17) is 13.3 Å². The monoisotopic (exact) mass is 1460 g/mol. The number of benzene rings is 16. The Balaban J connectivity index is 0.0000000941. The molecule has 0 N–H and O–H groups in total. The van der Waals surface area contributed by atoms with Crippen LogP contribution in [0.15, 0.2) is 371 Å². The highest BCUT2D eigenvalue weighted by Gasteiger charge is 2.16. The number of fused-ring (bicyclic) bond motifs is 21. The normalized spacial score (nSPS) is 11.2. The molecule has 532 valence electrons. The SMILES string of the molecule is Cc1ccc2c(c1)oc1ccccc12.Cc1ccc2c(c1)sc1ccccc12.Cc1ccc2c3ccccc3n(-c3ccccc3)c2c1.Cc1ccc2oc3ccccc3c2c1.Cc1cccc2c1oc1ccccc12.Cc1cccc2c1sc1ccccc12.Cc1cccc2c3ccccc3n(-c3ccccc3)c12. The van der Waals surface area contributed by atoms with Gasteiger partial charge in [0.1, 0.15) is 33.5 Å². The van der Waals surface area contributed by atoms with Crippen LogP contribution in [0.2, 0.25) is 0 Å². The molecule has 5 nitrogen and oxygen atoms in total. The molecule has 23 aromatic rings. The summed E-state index contributed by atoms with van der Waals surface area (Å²) in [6, 6.07) is 125. The maximum atomic E-state index is 5.78. The van der Waals surface area contributed by atoms with Gasteiger partial charge in [-0.1, -0.05) is 266 Å². The largest absolute Gasteiger partial charge is 0.456 e. The number of hydrogen-bond acceptors (Lipinski definition) is 5. The van der Waals surface area contributed by atoms with E-state index in [1.54, 1.807) is 0 Å². The number of hydrogen-bond donors (Lipinski definition) is 0. The average molecular weight is 1460 g/mol. The molecule has 16 aromatic carbocycles. The molecule has 110 heavy (non-hydrogen) atoms. The molecular weight excluding hydrogens is 1380 g/mol. The highest BCUT2D eigenvalue weighted by Crippen LogP contribution is 2.39. The van der Waals surface area contributed by atoms with Crippen LogP contribution in [0.5, 0.6) is 0 Å². The summed E-state index contributed by atoms with van der Waals surface area (Å²) in [5, 5.41) is 18.0. The first kappa shape index (κ1) is 70.0. The van der Waals surface area contributed by atoms with Crippen molar-refractivity contribution in [1.29, 1.82) is 0 Å². The Morgan fingerprint density at radius 3 is 1.26 bits per heavy atom. The molecule has 0 aliphatic carbocycles. The number of furan rings is 3. The average Bonchev–Trinajstić information content (AvgIpc) is 1.60. The summed E-state index contributed by atoms with van der Waals surface area (Å²) >= 11 is 3.76. The minimum Gasteiger partial charge on any atom is -0.456 e. The number of para-hydroxylation sites is 9. The number of nitrogens with zero attached hydrogens (tertiary/aromatic N) is 2. The third kappa shape index (κ3) is 13.9. The molecular formula is C103H80N2O3S2. The van der Waals surface area contributed by atoms with E-state index in [0.717, 1.165) is 33.5 Å². The molecule has 7 heteroatoms. The summed E-state index contributed by atoms with van der Waals surface area (Å²) in [7, 11) is 0. The van der Waals surface area contributed by atoms with Crippen molar-refractivity contribution in [2.45, 2.75) is 48.5 Å². The standard InChI is InChI=1S/2C19H15N.3C13H10O.2C13H10S/c1-14-8-7-12-17-16-11-5-6-13-18(16)20(19(14)17)15-9-3-2-4-10-15;1-14-11-12-17-16-9-5-6-10-18(16)20(19(17)13-14)15-7-3-2-4-8-15;1-9-5-4-7-11-10-6-2-3-8-12(10)14-13(9)11;1-9-6-7-13-11(8-9)10-4-2-3-5-12(10)14-13;1-9-6-7-11-10-4-2-3-5-12(10)14-13(11)8-9;1-9-5-4-7-11-10-6-2-3-8-12(10)14-13(9)11;1-9-6-7-11-10-4-2-3-5-12(10)14-13(11)8-9/h2*2-13H,1H3;5*2-8H,1H3. The zero-order valence-electron chi connectivity index (χ0n) is 62.5. The van der Waals surface area contributed by atoms with Crippen LogP contribution in [0, 0.1) is 48.5 Å². The highest BCUT2D eigenvalue weighted by atomic mass is 32.1. The van der Waals surface area contributed by atoms with E-state index in [1.165, 1.54) is 167 Å². The summed E-state index contributed by atoms with van der Waals surface area (Å²) in [4.78, 5) is 0. The molecule has 0 fully saturated rings. The number of aryl methyl sites for hydroxylation is 7. The molecule has 7 aromatic heterocycles. The van der Waals surface area contributed by atoms with E-state index < -0.39 is 0 Å². The Morgan fingerprint density at radius 1 is 0.209 bits per heavy atom. The van der Waals surface area contributed by atoms with Crippen molar-refractivity contribution in [2.24, 2.45) is 0 Å². The predicted molar refractivity (Wildman–Crippen MR) is 475 cm³/mol. The Bertz CT molecular complexity index is 7010. The van der Waals surface area contributed by atoms with Gasteiger partial charge in [0.2, 0.25) is 0 Å². The van der Waals surface area contributed by atoms with E-state index in [9.17, 15) is 0 Å². The summed E-state index contributed by atoms with van der Waals surface area (Å²) in [6.45, 7) is 14.9. The van der Waals surface area contributed by atoms with Gasteiger partial charge in [0.05, 0.1) is 22.1 Å². The summed E-state index contributed by atoms with van der Waals surface area (Å²) in [5.41, 5.74) is 22.4. The molecule has 0 saturated heterocycles. The summed E-state index contributed by atoms with van der Waals surface area (Å²) in [5.74, 6) is 0. The molecule has 0 radical (unpaired) electrons. The van der Waals surface area contributed by atoms with Gasteiger partial charge in [-0.3, -0.25) is 0 Å². The summed E-state index contributed by atoms with van der Waals surface area (Å²) < 4.78 is 27.5. The molecule has 0 aliphatic rings. The maximum Gasteiger partial charge on any atom is 0.138 e. The van der Waals surface area contributed by atoms with Crippen molar-refractivity contribution >= 4 is 172 Å². The lowest BCUT2D eigenvalue weighted by Crippen LogP contribution is -1.94. The Hall–Kier alpha value is -13.0. The van der Waals surface area contributed by atoms with Crippen molar-refractivity contribution in [3.63, 3.8) is 0 Å². The van der Waals surface area contributed by atoms with E-state index in [0.29, 0.717) is 0 Å². The van der Waals surface area contributed by atoms with Crippen molar-refractivity contribution in [3.05, 3.63) is 397 Å². The lowest BCUT2D eigenvalue weighted by atomic mass is 10.1. The molecule has 0 bridgehead atoms. The number of aromatic nitrogens is 2. The summed E-state index contributed by atoms with van der Waals surface area (Å²) in [6.07, 6.45) is 0. The van der Waals surface area contributed by atoms with Crippen LogP contribution in [0.4, 0.5) is 0 Å². The van der Waals surface area contributed by atoms with E-state index in [-0.39, 0.29) is 0 Å². The predicted octanol–water partition coefficient (Wildman–Crippen LogP) is 30.6. The molecule has 0 unspecified atom stereocenters. The van der Waals surface area contributed by atoms with Gasteiger partial charge in [-0.25, -0.2) is 0 Å². The van der Waals surface area contributed by atoms with Gasteiger partial charge in [-0.2, -0.15) is 0 Å². The van der Waals surface area contributed by atoms with Gasteiger partial charge in [0.25, 0.3) is 0 Å². The highest BCUT2D eigenvalue weighted by molar-refractivity contribution is 7.26. The van der Waals surface area contributed by atoms with Crippen molar-refractivity contribution in [1.82, 2.24) is 9.13 Å². The van der Waals surface area contributed by atoms with Crippen LogP contribution in [-0.4, -0.2) is 9.13 Å². The smallest absolute Gasteiger partial charge is 0.138 e. The fourth-order valence-electron chi connectivity index (χ4n) is 15.3. The van der Waals surface area contributed by atoms with Crippen molar-refractivity contribution < 1.29 is 13.3 Å². The first-order valence-electron chi connectivity index (χ1n) is 37.4. The van der Waals surface area contributed by atoms with Gasteiger partial charge < -0.3 is 22.4 Å². The minimum atomic E-state index is 0.966. The second-order valence-corrected chi connectivity index (χ2v) is 30.4. The fourth-order valence-corrected chi connectivity index (χ4v) is 17.6. The van der Waals surface area contributed by atoms with Crippen LogP contribution in [0.3, 0.4) is 0 Å². The first-order valence-corrected chi connectivity index (χ1v) is 39.1. The van der Waals surface area contributed by atoms with Gasteiger partial charge in [0, 0.05) is 106 Å². The molecule has 0 saturated carbocycles. The van der Waals surface area contributed by atoms with Crippen molar-refractivity contribution in [3.8, 4) is 11.4 Å². The van der Waals surface area contributed by atoms with Gasteiger partial charge in [-0.05, 0) is 179 Å². The molecule has 0 amide bonds. The molecule has 0 spiro atoms. The minimum absolute atomic E-state index is 0.966. The third-order valence-electron chi connectivity index (χ3n) is 20.6. The second kappa shape index (κ2) is 30.7. The quantitative estimate of drug-likeness (QED) is 0.173. The maximum absolute atomic E-state index is 5.78. The van der Waals surface area contributed by atoms with Crippen LogP contribution in [0.25, 0.3) is 161 Å². The topological polar surface area (TPSA) is 49.3 Å². The zero-order chi connectivity index (χ0) is 74.8. The fraction of sp³-hybridized carbons (Fsp3) is 0.0680. The second-order valence-electron chi connectivity index (χ2n) is 28.3. The molecule has 0 atom stereocenters. The number of thiophene rings is 2. The van der Waals surface area contributed by atoms with Crippen molar-refractivity contribution in [2.75, 3.05) is 0 Å². The Labute approximate surface area is 647 Å². The number of rotatable bonds is 2. The molecule has 7 heterocycles. The molecule has 0 aliphatic heterocycles.